The Morgan fingerprint density at radius 3 is 2.88 bits per heavy atom. The number of benzene rings is 1. The maximum absolute atomic E-state index is 5.85. The van der Waals surface area contributed by atoms with E-state index in [1.807, 2.05) is 42.5 Å². The van der Waals surface area contributed by atoms with Crippen LogP contribution in [-0.4, -0.2) is 42.1 Å². The number of ether oxygens (including phenoxy) is 1. The number of aliphatic imine (C=N–C) groups is 1. The van der Waals surface area contributed by atoms with Crippen molar-refractivity contribution in [2.45, 2.75) is 6.42 Å². The summed E-state index contributed by atoms with van der Waals surface area (Å²) < 4.78 is 6.71. The molecule has 8 heteroatoms. The van der Waals surface area contributed by atoms with Crippen molar-refractivity contribution in [3.05, 3.63) is 58.8 Å². The standard InChI is InChI=1S/C18H23BrN4OS.HI/c19-15-4-3-6-17(14-15)24-11-13-25-12-10-23-18(20)22-9-7-16-5-1-2-8-21-16;/h1-6,8,14H,7,9-13H2,(H3,20,22,23);1H. The first kappa shape index (κ1) is 23.0. The zero-order valence-corrected chi connectivity index (χ0v) is 19.2. The normalized spacial score (nSPS) is 10.9. The second-order valence-electron chi connectivity index (χ2n) is 5.18. The first-order valence-electron chi connectivity index (χ1n) is 8.14. The molecule has 2 aromatic rings. The zero-order chi connectivity index (χ0) is 17.7. The van der Waals surface area contributed by atoms with Crippen molar-refractivity contribution >= 4 is 57.6 Å². The highest BCUT2D eigenvalue weighted by atomic mass is 127. The van der Waals surface area contributed by atoms with Crippen LogP contribution in [0.15, 0.2) is 58.1 Å². The lowest BCUT2D eigenvalue weighted by Crippen LogP contribution is -2.33. The molecule has 5 nitrogen and oxygen atoms in total. The SMILES string of the molecule is I.NC(=NCCSCCOc1cccc(Br)c1)NCCc1ccccn1. The Morgan fingerprint density at radius 2 is 2.12 bits per heavy atom. The van der Waals surface area contributed by atoms with Crippen LogP contribution in [0.3, 0.4) is 0 Å². The summed E-state index contributed by atoms with van der Waals surface area (Å²) in [6.07, 6.45) is 2.63. The molecule has 0 aliphatic heterocycles. The van der Waals surface area contributed by atoms with Gasteiger partial charge in [-0.3, -0.25) is 9.98 Å². The molecule has 2 rings (SSSR count). The third-order valence-electron chi connectivity index (χ3n) is 3.22. The molecule has 3 N–H and O–H groups in total. The number of halogens is 2. The lowest BCUT2D eigenvalue weighted by molar-refractivity contribution is 0.344. The van der Waals surface area contributed by atoms with E-state index in [9.17, 15) is 0 Å². The van der Waals surface area contributed by atoms with E-state index in [0.29, 0.717) is 19.1 Å². The summed E-state index contributed by atoms with van der Waals surface area (Å²) in [5.41, 5.74) is 6.89. The molecule has 0 fully saturated rings. The molecule has 0 unspecified atom stereocenters. The van der Waals surface area contributed by atoms with Crippen LogP contribution in [0.1, 0.15) is 5.69 Å². The van der Waals surface area contributed by atoms with Crippen molar-refractivity contribution in [2.75, 3.05) is 31.2 Å². The van der Waals surface area contributed by atoms with Gasteiger partial charge in [0.2, 0.25) is 0 Å². The monoisotopic (exact) mass is 550 g/mol. The van der Waals surface area contributed by atoms with Crippen molar-refractivity contribution < 1.29 is 4.74 Å². The van der Waals surface area contributed by atoms with Gasteiger partial charge in [-0.25, -0.2) is 0 Å². The predicted octanol–water partition coefficient (Wildman–Crippen LogP) is 3.72. The molecule has 142 valence electrons. The van der Waals surface area contributed by atoms with Crippen LogP contribution in [0.25, 0.3) is 0 Å². The number of thioether (sulfide) groups is 1. The Bertz CT molecular complexity index is 661. The van der Waals surface area contributed by atoms with Gasteiger partial charge in [0, 0.05) is 40.8 Å². The van der Waals surface area contributed by atoms with Gasteiger partial charge in [-0.1, -0.05) is 28.1 Å². The van der Waals surface area contributed by atoms with Gasteiger partial charge >= 0.3 is 0 Å². The molecule has 0 aliphatic carbocycles. The highest BCUT2D eigenvalue weighted by Crippen LogP contribution is 2.17. The van der Waals surface area contributed by atoms with Crippen molar-refractivity contribution in [3.8, 4) is 5.75 Å². The van der Waals surface area contributed by atoms with E-state index >= 15 is 0 Å². The largest absolute Gasteiger partial charge is 0.493 e. The van der Waals surface area contributed by atoms with Gasteiger partial charge in [-0.15, -0.1) is 24.0 Å². The van der Waals surface area contributed by atoms with E-state index < -0.39 is 0 Å². The van der Waals surface area contributed by atoms with Crippen LogP contribution >= 0.6 is 51.7 Å². The number of hydrogen-bond acceptors (Lipinski definition) is 4. The van der Waals surface area contributed by atoms with Gasteiger partial charge in [-0.05, 0) is 30.3 Å². The van der Waals surface area contributed by atoms with Gasteiger partial charge in [-0.2, -0.15) is 11.8 Å². The fraction of sp³-hybridized carbons (Fsp3) is 0.333. The van der Waals surface area contributed by atoms with Crippen molar-refractivity contribution in [3.63, 3.8) is 0 Å². The van der Waals surface area contributed by atoms with Crippen molar-refractivity contribution in [2.24, 2.45) is 10.7 Å². The molecule has 0 amide bonds. The summed E-state index contributed by atoms with van der Waals surface area (Å²) >= 11 is 5.23. The molecule has 0 spiro atoms. The van der Waals surface area contributed by atoms with Gasteiger partial charge in [0.1, 0.15) is 5.75 Å². The summed E-state index contributed by atoms with van der Waals surface area (Å²) in [6.45, 7) is 2.12. The van der Waals surface area contributed by atoms with Gasteiger partial charge in [0.05, 0.1) is 13.2 Å². The van der Waals surface area contributed by atoms with E-state index in [2.05, 4.69) is 31.2 Å². The van der Waals surface area contributed by atoms with E-state index in [1.165, 1.54) is 0 Å². The first-order valence-corrected chi connectivity index (χ1v) is 10.1. The number of rotatable bonds is 10. The van der Waals surface area contributed by atoms with Crippen LogP contribution in [0.2, 0.25) is 0 Å². The Balaban J connectivity index is 0.00000338. The Hall–Kier alpha value is -1.00. The molecule has 0 bridgehead atoms. The van der Waals surface area contributed by atoms with E-state index in [0.717, 1.165) is 40.4 Å². The summed E-state index contributed by atoms with van der Waals surface area (Å²) in [6, 6.07) is 13.8. The third kappa shape index (κ3) is 10.2. The van der Waals surface area contributed by atoms with Gasteiger partial charge in [0.25, 0.3) is 0 Å². The van der Waals surface area contributed by atoms with Crippen LogP contribution in [0, 0.1) is 0 Å². The number of nitrogens with two attached hydrogens (primary N) is 1. The third-order valence-corrected chi connectivity index (χ3v) is 4.64. The maximum atomic E-state index is 5.85. The molecule has 1 heterocycles. The van der Waals surface area contributed by atoms with E-state index in [1.54, 1.807) is 18.0 Å². The maximum Gasteiger partial charge on any atom is 0.188 e. The quantitative estimate of drug-likeness (QED) is 0.204. The van der Waals surface area contributed by atoms with Crippen LogP contribution < -0.4 is 15.8 Å². The Morgan fingerprint density at radius 1 is 1.23 bits per heavy atom. The average Bonchev–Trinajstić information content (AvgIpc) is 2.62. The number of pyridine rings is 1. The van der Waals surface area contributed by atoms with Crippen molar-refractivity contribution in [1.82, 2.24) is 10.3 Å². The fourth-order valence-corrected chi connectivity index (χ4v) is 3.03. The number of nitrogens with one attached hydrogen (secondary N) is 1. The zero-order valence-electron chi connectivity index (χ0n) is 14.4. The van der Waals surface area contributed by atoms with Crippen LogP contribution in [0.5, 0.6) is 5.75 Å². The molecular weight excluding hydrogens is 527 g/mol. The summed E-state index contributed by atoms with van der Waals surface area (Å²) in [7, 11) is 0. The smallest absolute Gasteiger partial charge is 0.188 e. The summed E-state index contributed by atoms with van der Waals surface area (Å²) in [4.78, 5) is 8.59. The molecule has 0 aliphatic rings. The van der Waals surface area contributed by atoms with Crippen LogP contribution in [-0.2, 0) is 6.42 Å². The number of hydrogen-bond donors (Lipinski definition) is 2. The Labute approximate surface area is 184 Å². The topological polar surface area (TPSA) is 72.5 Å². The minimum atomic E-state index is 0. The van der Waals surface area contributed by atoms with E-state index in [-0.39, 0.29) is 24.0 Å². The molecule has 0 atom stereocenters. The van der Waals surface area contributed by atoms with Crippen LogP contribution in [0.4, 0.5) is 0 Å². The highest BCUT2D eigenvalue weighted by molar-refractivity contribution is 14.0. The lowest BCUT2D eigenvalue weighted by atomic mass is 10.3. The lowest BCUT2D eigenvalue weighted by Gasteiger charge is -2.06. The molecule has 1 aromatic heterocycles. The average molecular weight is 551 g/mol. The first-order chi connectivity index (χ1) is 12.2. The second kappa shape index (κ2) is 14.1. The predicted molar refractivity (Wildman–Crippen MR) is 125 cm³/mol. The highest BCUT2D eigenvalue weighted by Gasteiger charge is 1.97. The fourth-order valence-electron chi connectivity index (χ4n) is 2.03. The minimum absolute atomic E-state index is 0. The molecular formula is C18H24BrIN4OS. The van der Waals surface area contributed by atoms with Gasteiger partial charge < -0.3 is 15.8 Å². The molecule has 26 heavy (non-hydrogen) atoms. The Kier molecular flexibility index (Phi) is 12.5. The number of aromatic nitrogens is 1. The summed E-state index contributed by atoms with van der Waals surface area (Å²) in [5.74, 6) is 3.22. The van der Waals surface area contributed by atoms with E-state index in [4.69, 9.17) is 10.5 Å². The molecule has 0 saturated heterocycles. The molecule has 1 aromatic carbocycles. The number of guanidine groups is 1. The molecule has 0 saturated carbocycles. The van der Waals surface area contributed by atoms with Gasteiger partial charge in [0.15, 0.2) is 5.96 Å². The summed E-state index contributed by atoms with van der Waals surface area (Å²) in [5, 5.41) is 3.11. The minimum Gasteiger partial charge on any atom is -0.493 e. The number of nitrogens with zero attached hydrogens (tertiary/aromatic N) is 2. The molecule has 0 radical (unpaired) electrons. The second-order valence-corrected chi connectivity index (χ2v) is 7.32. The van der Waals surface area contributed by atoms with Crippen molar-refractivity contribution in [1.29, 1.82) is 0 Å².